The normalized spacial score (nSPS) is 30.4. The fourth-order valence-electron chi connectivity index (χ4n) is 2.01. The highest BCUT2D eigenvalue weighted by Crippen LogP contribution is 2.36. The Labute approximate surface area is 87.0 Å². The first-order valence-corrected chi connectivity index (χ1v) is 6.13. The van der Waals surface area contributed by atoms with Gasteiger partial charge in [0.15, 0.2) is 0 Å². The summed E-state index contributed by atoms with van der Waals surface area (Å²) in [6.07, 6.45) is 0.876. The van der Waals surface area contributed by atoms with Gasteiger partial charge in [0.2, 0.25) is 0 Å². The van der Waals surface area contributed by atoms with Crippen LogP contribution in [0.2, 0.25) is 0 Å². The first kappa shape index (κ1) is 9.87. The van der Waals surface area contributed by atoms with Gasteiger partial charge in [-0.3, -0.25) is 4.21 Å². The van der Waals surface area contributed by atoms with Gasteiger partial charge in [-0.15, -0.1) is 0 Å². The van der Waals surface area contributed by atoms with Gasteiger partial charge in [0, 0.05) is 10.9 Å². The summed E-state index contributed by atoms with van der Waals surface area (Å²) in [5, 5.41) is 0.104. The molecular weight excluding hydrogens is 194 g/mol. The molecule has 0 aliphatic carbocycles. The smallest absolute Gasteiger partial charge is 0.0585 e. The van der Waals surface area contributed by atoms with Crippen molar-refractivity contribution in [2.24, 2.45) is 5.73 Å². The van der Waals surface area contributed by atoms with Crippen LogP contribution in [0, 0.1) is 6.92 Å². The monoisotopic (exact) mass is 209 g/mol. The van der Waals surface area contributed by atoms with E-state index in [-0.39, 0.29) is 11.3 Å². The van der Waals surface area contributed by atoms with Crippen LogP contribution in [0.4, 0.5) is 0 Å². The number of nitrogens with two attached hydrogens (primary N) is 1. The summed E-state index contributed by atoms with van der Waals surface area (Å²) in [5.41, 5.74) is 8.33. The van der Waals surface area contributed by atoms with Gasteiger partial charge in [-0.05, 0) is 25.0 Å². The standard InChI is InChI=1S/C11H15NOS/c1-3-9-11(12)8-6-7(2)4-5-10(8)14(9)13/h4-6,9,11H,3,12H2,1-2H3. The molecule has 0 radical (unpaired) electrons. The Bertz CT molecular complexity index is 389. The van der Waals surface area contributed by atoms with Crippen molar-refractivity contribution in [2.45, 2.75) is 36.5 Å². The molecule has 0 amide bonds. The average Bonchev–Trinajstić information content (AvgIpc) is 2.39. The van der Waals surface area contributed by atoms with Crippen molar-refractivity contribution in [1.82, 2.24) is 0 Å². The van der Waals surface area contributed by atoms with Crippen LogP contribution < -0.4 is 5.73 Å². The fourth-order valence-corrected chi connectivity index (χ4v) is 3.68. The van der Waals surface area contributed by atoms with Crippen LogP contribution in [0.5, 0.6) is 0 Å². The molecule has 76 valence electrons. The maximum atomic E-state index is 12.0. The topological polar surface area (TPSA) is 43.1 Å². The van der Waals surface area contributed by atoms with Crippen molar-refractivity contribution >= 4 is 10.8 Å². The summed E-state index contributed by atoms with van der Waals surface area (Å²) in [4.78, 5) is 0.940. The lowest BCUT2D eigenvalue weighted by Crippen LogP contribution is -2.22. The molecule has 3 heteroatoms. The molecule has 0 aromatic heterocycles. The number of benzene rings is 1. The van der Waals surface area contributed by atoms with E-state index in [4.69, 9.17) is 5.73 Å². The van der Waals surface area contributed by atoms with Gasteiger partial charge in [0.1, 0.15) is 0 Å². The largest absolute Gasteiger partial charge is 0.323 e. The predicted octanol–water partition coefficient (Wildman–Crippen LogP) is 1.89. The van der Waals surface area contributed by atoms with Gasteiger partial charge < -0.3 is 5.73 Å². The van der Waals surface area contributed by atoms with Crippen LogP contribution in [0.1, 0.15) is 30.5 Å². The summed E-state index contributed by atoms with van der Waals surface area (Å²) >= 11 is 0. The van der Waals surface area contributed by atoms with Gasteiger partial charge in [-0.25, -0.2) is 0 Å². The predicted molar refractivity (Wildman–Crippen MR) is 58.6 cm³/mol. The molecule has 1 heterocycles. The van der Waals surface area contributed by atoms with Crippen LogP contribution in [-0.4, -0.2) is 9.46 Å². The molecule has 2 nitrogen and oxygen atoms in total. The highest BCUT2D eigenvalue weighted by Gasteiger charge is 2.34. The lowest BCUT2D eigenvalue weighted by atomic mass is 10.0. The maximum Gasteiger partial charge on any atom is 0.0585 e. The molecule has 1 aromatic rings. The van der Waals surface area contributed by atoms with E-state index in [2.05, 4.69) is 6.07 Å². The molecule has 0 saturated heterocycles. The molecule has 1 aliphatic rings. The lowest BCUT2D eigenvalue weighted by molar-refractivity contribution is 0.632. The van der Waals surface area contributed by atoms with E-state index in [9.17, 15) is 4.21 Å². The summed E-state index contributed by atoms with van der Waals surface area (Å²) in [6.45, 7) is 4.08. The Balaban J connectivity index is 2.52. The van der Waals surface area contributed by atoms with Crippen LogP contribution in [0.3, 0.4) is 0 Å². The molecule has 3 atom stereocenters. The van der Waals surface area contributed by atoms with E-state index >= 15 is 0 Å². The zero-order valence-electron chi connectivity index (χ0n) is 8.49. The highest BCUT2D eigenvalue weighted by molar-refractivity contribution is 7.86. The van der Waals surface area contributed by atoms with Crippen LogP contribution in [-0.2, 0) is 10.8 Å². The number of hydrogen-bond acceptors (Lipinski definition) is 2. The summed E-state index contributed by atoms with van der Waals surface area (Å²) < 4.78 is 12.0. The summed E-state index contributed by atoms with van der Waals surface area (Å²) in [5.74, 6) is 0. The number of aryl methyl sites for hydroxylation is 1. The number of rotatable bonds is 1. The van der Waals surface area contributed by atoms with Crippen molar-refractivity contribution in [2.75, 3.05) is 0 Å². The van der Waals surface area contributed by atoms with E-state index in [1.165, 1.54) is 5.56 Å². The Morgan fingerprint density at radius 2 is 2.21 bits per heavy atom. The second-order valence-electron chi connectivity index (χ2n) is 3.81. The third kappa shape index (κ3) is 1.31. The van der Waals surface area contributed by atoms with Crippen LogP contribution in [0.15, 0.2) is 23.1 Å². The summed E-state index contributed by atoms with van der Waals surface area (Å²) in [6, 6.07) is 5.97. The zero-order valence-corrected chi connectivity index (χ0v) is 9.30. The minimum Gasteiger partial charge on any atom is -0.323 e. The van der Waals surface area contributed by atoms with E-state index in [0.29, 0.717) is 0 Å². The Morgan fingerprint density at radius 1 is 1.50 bits per heavy atom. The first-order chi connectivity index (χ1) is 6.65. The quantitative estimate of drug-likeness (QED) is 0.767. The van der Waals surface area contributed by atoms with E-state index in [1.54, 1.807) is 0 Å². The third-order valence-electron chi connectivity index (χ3n) is 2.82. The van der Waals surface area contributed by atoms with E-state index in [0.717, 1.165) is 16.9 Å². The zero-order chi connectivity index (χ0) is 10.3. The lowest BCUT2D eigenvalue weighted by Gasteiger charge is -2.11. The molecule has 0 fully saturated rings. The molecule has 2 rings (SSSR count). The highest BCUT2D eigenvalue weighted by atomic mass is 32.2. The molecule has 3 unspecified atom stereocenters. The van der Waals surface area contributed by atoms with Crippen LogP contribution >= 0.6 is 0 Å². The molecular formula is C11H15NOS. The molecule has 14 heavy (non-hydrogen) atoms. The van der Waals surface area contributed by atoms with Gasteiger partial charge in [-0.2, -0.15) is 0 Å². The molecule has 1 aromatic carbocycles. The Kier molecular flexibility index (Phi) is 2.45. The van der Waals surface area contributed by atoms with Gasteiger partial charge in [0.25, 0.3) is 0 Å². The van der Waals surface area contributed by atoms with E-state index < -0.39 is 10.8 Å². The minimum atomic E-state index is -0.899. The Morgan fingerprint density at radius 3 is 2.86 bits per heavy atom. The Hall–Kier alpha value is -0.670. The van der Waals surface area contributed by atoms with Crippen molar-refractivity contribution in [1.29, 1.82) is 0 Å². The van der Waals surface area contributed by atoms with Gasteiger partial charge in [-0.1, -0.05) is 24.6 Å². The van der Waals surface area contributed by atoms with Gasteiger partial charge in [0.05, 0.1) is 16.0 Å². The van der Waals surface area contributed by atoms with Crippen molar-refractivity contribution < 1.29 is 4.21 Å². The average molecular weight is 209 g/mol. The van der Waals surface area contributed by atoms with Crippen molar-refractivity contribution in [3.63, 3.8) is 0 Å². The van der Waals surface area contributed by atoms with Gasteiger partial charge >= 0.3 is 0 Å². The summed E-state index contributed by atoms with van der Waals surface area (Å²) in [7, 11) is -0.899. The second kappa shape index (κ2) is 3.48. The first-order valence-electron chi connectivity index (χ1n) is 4.92. The number of hydrogen-bond donors (Lipinski definition) is 1. The minimum absolute atomic E-state index is 0.0456. The SMILES string of the molecule is CCC1C(N)c2cc(C)ccc2S1=O. The van der Waals surface area contributed by atoms with Crippen LogP contribution in [0.25, 0.3) is 0 Å². The molecule has 0 saturated carbocycles. The fraction of sp³-hybridized carbons (Fsp3) is 0.455. The van der Waals surface area contributed by atoms with Crippen molar-refractivity contribution in [3.05, 3.63) is 29.3 Å². The molecule has 1 aliphatic heterocycles. The van der Waals surface area contributed by atoms with E-state index in [1.807, 2.05) is 26.0 Å². The number of fused-ring (bicyclic) bond motifs is 1. The molecule has 0 spiro atoms. The molecule has 0 bridgehead atoms. The maximum absolute atomic E-state index is 12.0. The van der Waals surface area contributed by atoms with Crippen molar-refractivity contribution in [3.8, 4) is 0 Å². The molecule has 2 N–H and O–H groups in total. The second-order valence-corrected chi connectivity index (χ2v) is 5.45. The third-order valence-corrected chi connectivity index (χ3v) is 4.80.